The summed E-state index contributed by atoms with van der Waals surface area (Å²) in [5.74, 6) is -0.805. The number of carbonyl (C=O) groups excluding carboxylic acids is 1. The fraction of sp³-hybridized carbons (Fsp3) is 0.400. The number of carbonyl (C=O) groups is 1. The predicted molar refractivity (Wildman–Crippen MR) is 132 cm³/mol. The minimum absolute atomic E-state index is 0.239. The van der Waals surface area contributed by atoms with Crippen molar-refractivity contribution in [2.75, 3.05) is 23.3 Å². The van der Waals surface area contributed by atoms with Gasteiger partial charge in [0.2, 0.25) is 0 Å². The highest BCUT2D eigenvalue weighted by molar-refractivity contribution is 6.13. The quantitative estimate of drug-likeness (QED) is 0.479. The minimum Gasteiger partial charge on any atom is -0.371 e. The van der Waals surface area contributed by atoms with Crippen molar-refractivity contribution in [1.29, 1.82) is 0 Å². The molecule has 0 radical (unpaired) electrons. The Morgan fingerprint density at radius 2 is 1.88 bits per heavy atom. The Balaban J connectivity index is 0.000000429. The fourth-order valence-corrected chi connectivity index (χ4v) is 4.51. The summed E-state index contributed by atoms with van der Waals surface area (Å²) in [6.45, 7) is 3.82. The molecule has 0 atom stereocenters. The maximum Gasteiger partial charge on any atom is 0.257 e. The number of imidazole rings is 1. The van der Waals surface area contributed by atoms with E-state index in [0.29, 0.717) is 28.5 Å². The van der Waals surface area contributed by atoms with Gasteiger partial charge in [-0.05, 0) is 44.7 Å². The number of amides is 1. The van der Waals surface area contributed by atoms with E-state index in [2.05, 4.69) is 20.3 Å². The van der Waals surface area contributed by atoms with Gasteiger partial charge in [0.15, 0.2) is 11.5 Å². The molecule has 0 spiro atoms. The Labute approximate surface area is 197 Å². The number of nitrogens with two attached hydrogens (primary N) is 1. The lowest BCUT2D eigenvalue weighted by Gasteiger charge is -2.19. The number of aromatic nitrogens is 4. The van der Waals surface area contributed by atoms with Crippen LogP contribution in [0.25, 0.3) is 16.6 Å². The standard InChI is InChI=1S/C21H21FN6O.C4H9N/c1-13-10-28-11-14(9-17(22)20(28)23-13)24-21(29)15-5-6-18(27-7-3-4-8-27)16-12-26(2)25-19(15)16;5-4-2-1-3-4/h5-6,9-12H,3-4,7-8H2,1-2H3,(H,24,29);4H,1-3,5H2. The predicted octanol–water partition coefficient (Wildman–Crippen LogP) is 4.02. The second kappa shape index (κ2) is 9.06. The number of benzene rings is 1. The van der Waals surface area contributed by atoms with E-state index in [1.165, 1.54) is 38.2 Å². The lowest BCUT2D eigenvalue weighted by Crippen LogP contribution is -2.27. The van der Waals surface area contributed by atoms with E-state index in [-0.39, 0.29) is 11.6 Å². The third kappa shape index (κ3) is 4.35. The molecule has 3 N–H and O–H groups in total. The minimum atomic E-state index is -0.483. The second-order valence-corrected chi connectivity index (χ2v) is 9.23. The van der Waals surface area contributed by atoms with Gasteiger partial charge in [0.1, 0.15) is 5.52 Å². The molecule has 2 fully saturated rings. The molecule has 9 heteroatoms. The second-order valence-electron chi connectivity index (χ2n) is 9.23. The first-order valence-corrected chi connectivity index (χ1v) is 11.8. The van der Waals surface area contributed by atoms with Gasteiger partial charge >= 0.3 is 0 Å². The van der Waals surface area contributed by atoms with Crippen molar-refractivity contribution in [3.63, 3.8) is 0 Å². The number of nitrogens with zero attached hydrogens (tertiary/aromatic N) is 5. The average molecular weight is 464 g/mol. The zero-order valence-electron chi connectivity index (χ0n) is 19.6. The summed E-state index contributed by atoms with van der Waals surface area (Å²) in [7, 11) is 1.85. The summed E-state index contributed by atoms with van der Waals surface area (Å²) < 4.78 is 17.6. The summed E-state index contributed by atoms with van der Waals surface area (Å²) in [4.78, 5) is 19.5. The van der Waals surface area contributed by atoms with Gasteiger partial charge in [-0.3, -0.25) is 9.48 Å². The maximum absolute atomic E-state index is 14.3. The van der Waals surface area contributed by atoms with Gasteiger partial charge in [0, 0.05) is 61.9 Å². The molecule has 6 rings (SSSR count). The number of hydrogen-bond donors (Lipinski definition) is 2. The molecule has 0 unspecified atom stereocenters. The highest BCUT2D eigenvalue weighted by Crippen LogP contribution is 2.31. The Morgan fingerprint density at radius 3 is 2.56 bits per heavy atom. The van der Waals surface area contributed by atoms with Crippen molar-refractivity contribution in [1.82, 2.24) is 19.2 Å². The number of halogens is 1. The number of anilines is 2. The molecule has 8 nitrogen and oxygen atoms in total. The van der Waals surface area contributed by atoms with E-state index in [1.54, 1.807) is 34.5 Å². The lowest BCUT2D eigenvalue weighted by atomic mass is 9.95. The first kappa shape index (κ1) is 22.3. The van der Waals surface area contributed by atoms with Gasteiger partial charge in [-0.25, -0.2) is 9.37 Å². The summed E-state index contributed by atoms with van der Waals surface area (Å²) >= 11 is 0. The van der Waals surface area contributed by atoms with Gasteiger partial charge in [-0.2, -0.15) is 5.10 Å². The Morgan fingerprint density at radius 1 is 1.15 bits per heavy atom. The van der Waals surface area contributed by atoms with Gasteiger partial charge < -0.3 is 20.4 Å². The van der Waals surface area contributed by atoms with E-state index >= 15 is 0 Å². The van der Waals surface area contributed by atoms with Gasteiger partial charge in [-0.1, -0.05) is 6.42 Å². The highest BCUT2D eigenvalue weighted by Gasteiger charge is 2.21. The summed E-state index contributed by atoms with van der Waals surface area (Å²) in [6, 6.07) is 5.63. The van der Waals surface area contributed by atoms with E-state index in [1.807, 2.05) is 19.3 Å². The summed E-state index contributed by atoms with van der Waals surface area (Å²) in [5.41, 5.74) is 8.90. The van der Waals surface area contributed by atoms with Crippen molar-refractivity contribution in [2.45, 2.75) is 45.1 Å². The van der Waals surface area contributed by atoms with Crippen LogP contribution in [-0.2, 0) is 7.05 Å². The lowest BCUT2D eigenvalue weighted by molar-refractivity contribution is 0.102. The normalized spacial score (nSPS) is 15.9. The number of hydrogen-bond acceptors (Lipinski definition) is 5. The van der Waals surface area contributed by atoms with Crippen LogP contribution in [0.3, 0.4) is 0 Å². The molecule has 1 aromatic carbocycles. The van der Waals surface area contributed by atoms with Crippen LogP contribution in [0.5, 0.6) is 0 Å². The van der Waals surface area contributed by atoms with Crippen LogP contribution in [0.15, 0.2) is 36.8 Å². The molecule has 3 aromatic heterocycles. The average Bonchev–Trinajstić information content (AvgIpc) is 3.51. The number of aryl methyl sites for hydroxylation is 2. The molecule has 2 aliphatic rings. The molecular weight excluding hydrogens is 433 g/mol. The molecule has 1 aliphatic carbocycles. The molecule has 1 amide bonds. The van der Waals surface area contributed by atoms with Crippen molar-refractivity contribution in [3.8, 4) is 0 Å². The van der Waals surface area contributed by atoms with Gasteiger partial charge in [0.05, 0.1) is 16.9 Å². The number of fused-ring (bicyclic) bond motifs is 2. The molecule has 4 heterocycles. The largest absolute Gasteiger partial charge is 0.371 e. The van der Waals surface area contributed by atoms with Crippen LogP contribution < -0.4 is 16.0 Å². The first-order chi connectivity index (χ1) is 16.4. The molecule has 0 bridgehead atoms. The molecular formula is C25H30FN7O. The van der Waals surface area contributed by atoms with E-state index < -0.39 is 5.82 Å². The van der Waals surface area contributed by atoms with E-state index in [4.69, 9.17) is 5.73 Å². The van der Waals surface area contributed by atoms with Gasteiger partial charge in [0.25, 0.3) is 5.91 Å². The van der Waals surface area contributed by atoms with Crippen molar-refractivity contribution < 1.29 is 9.18 Å². The SMILES string of the molecule is Cc1cn2cc(NC(=O)c3ccc(N4CCCC4)c4cn(C)nc34)cc(F)c2n1.NC1CCC1. The van der Waals surface area contributed by atoms with Crippen LogP contribution in [0.4, 0.5) is 15.8 Å². The van der Waals surface area contributed by atoms with Crippen LogP contribution in [0.2, 0.25) is 0 Å². The topological polar surface area (TPSA) is 93.5 Å². The smallest absolute Gasteiger partial charge is 0.257 e. The van der Waals surface area contributed by atoms with E-state index in [0.717, 1.165) is 24.2 Å². The number of nitrogens with one attached hydrogen (secondary N) is 1. The monoisotopic (exact) mass is 463 g/mol. The van der Waals surface area contributed by atoms with Crippen LogP contribution in [0.1, 0.15) is 48.2 Å². The van der Waals surface area contributed by atoms with Crippen molar-refractivity contribution in [2.24, 2.45) is 12.8 Å². The molecule has 1 aliphatic heterocycles. The Hall–Kier alpha value is -3.46. The number of rotatable bonds is 3. The van der Waals surface area contributed by atoms with Gasteiger partial charge in [-0.15, -0.1) is 0 Å². The first-order valence-electron chi connectivity index (χ1n) is 11.8. The summed E-state index contributed by atoms with van der Waals surface area (Å²) in [6.07, 6.45) is 11.6. The maximum atomic E-state index is 14.3. The fourth-order valence-electron chi connectivity index (χ4n) is 4.51. The van der Waals surface area contributed by atoms with Crippen LogP contribution in [-0.4, -0.2) is 44.2 Å². The van der Waals surface area contributed by atoms with Crippen molar-refractivity contribution in [3.05, 3.63) is 53.9 Å². The molecule has 34 heavy (non-hydrogen) atoms. The zero-order valence-corrected chi connectivity index (χ0v) is 19.6. The third-order valence-electron chi connectivity index (χ3n) is 6.49. The Kier molecular flexibility index (Phi) is 5.95. The molecule has 1 saturated heterocycles. The molecule has 4 aromatic rings. The summed E-state index contributed by atoms with van der Waals surface area (Å²) in [5, 5.41) is 8.27. The third-order valence-corrected chi connectivity index (χ3v) is 6.49. The molecule has 1 saturated carbocycles. The van der Waals surface area contributed by atoms with E-state index in [9.17, 15) is 9.18 Å². The van der Waals surface area contributed by atoms with Crippen molar-refractivity contribution >= 4 is 33.8 Å². The van der Waals surface area contributed by atoms with Crippen LogP contribution in [0, 0.1) is 12.7 Å². The number of pyridine rings is 1. The molecule has 178 valence electrons. The van der Waals surface area contributed by atoms with Crippen LogP contribution >= 0.6 is 0 Å². The zero-order chi connectivity index (χ0) is 23.8. The highest BCUT2D eigenvalue weighted by atomic mass is 19.1. The Bertz CT molecular complexity index is 1350.